The van der Waals surface area contributed by atoms with Crippen LogP contribution in [0.2, 0.25) is 0 Å². The molecular weight excluding hydrogens is 204 g/mol. The third kappa shape index (κ3) is 4.45. The molecule has 1 atom stereocenters. The zero-order valence-corrected chi connectivity index (χ0v) is 11.3. The van der Waals surface area contributed by atoms with E-state index in [9.17, 15) is 0 Å². The Labute approximate surface area is 98.3 Å². The van der Waals surface area contributed by atoms with Crippen molar-refractivity contribution >= 4 is 16.9 Å². The molecule has 1 rings (SSSR count). The highest BCUT2D eigenvalue weighted by Crippen LogP contribution is 2.27. The van der Waals surface area contributed by atoms with Crippen LogP contribution in [0.3, 0.4) is 0 Å². The van der Waals surface area contributed by atoms with Crippen LogP contribution in [0.1, 0.15) is 47.0 Å². The Morgan fingerprint density at radius 1 is 1.47 bits per heavy atom. The van der Waals surface area contributed by atoms with Crippen molar-refractivity contribution in [2.45, 2.75) is 53.0 Å². The monoisotopic (exact) mass is 228 g/mol. The highest BCUT2D eigenvalue weighted by Gasteiger charge is 2.28. The van der Waals surface area contributed by atoms with Gasteiger partial charge in [-0.05, 0) is 18.3 Å². The van der Waals surface area contributed by atoms with Crippen LogP contribution >= 0.6 is 11.8 Å². The lowest BCUT2D eigenvalue weighted by Gasteiger charge is -2.35. The van der Waals surface area contributed by atoms with E-state index >= 15 is 0 Å². The first kappa shape index (κ1) is 12.9. The molecule has 0 aromatic heterocycles. The standard InChI is InChI=1S/C12H24N2S/c1-5-6-8-13-11-14-10(7-9-15-11)12(2,3)4/h10H,5-9H2,1-4H3,(H,13,14). The van der Waals surface area contributed by atoms with Crippen molar-refractivity contribution in [3.05, 3.63) is 0 Å². The van der Waals surface area contributed by atoms with Gasteiger partial charge in [-0.2, -0.15) is 0 Å². The summed E-state index contributed by atoms with van der Waals surface area (Å²) >= 11 is 1.87. The molecule has 0 aromatic rings. The van der Waals surface area contributed by atoms with Gasteiger partial charge in [-0.1, -0.05) is 45.9 Å². The van der Waals surface area contributed by atoms with Crippen LogP contribution < -0.4 is 5.32 Å². The molecule has 0 aromatic carbocycles. The van der Waals surface area contributed by atoms with E-state index in [-0.39, 0.29) is 0 Å². The van der Waals surface area contributed by atoms with Crippen molar-refractivity contribution in [1.82, 2.24) is 5.32 Å². The summed E-state index contributed by atoms with van der Waals surface area (Å²) in [6, 6.07) is 0.583. The molecule has 15 heavy (non-hydrogen) atoms. The van der Waals surface area contributed by atoms with Crippen molar-refractivity contribution in [3.8, 4) is 0 Å². The smallest absolute Gasteiger partial charge is 0.156 e. The predicted molar refractivity (Wildman–Crippen MR) is 70.7 cm³/mol. The van der Waals surface area contributed by atoms with Gasteiger partial charge in [-0.3, -0.25) is 4.99 Å². The van der Waals surface area contributed by atoms with E-state index in [1.54, 1.807) is 0 Å². The molecule has 1 unspecified atom stereocenters. The first-order valence-corrected chi connectivity index (χ1v) is 6.96. The van der Waals surface area contributed by atoms with E-state index in [0.717, 1.165) is 11.7 Å². The summed E-state index contributed by atoms with van der Waals surface area (Å²) in [4.78, 5) is 4.61. The Bertz CT molecular complexity index is 218. The van der Waals surface area contributed by atoms with Gasteiger partial charge >= 0.3 is 0 Å². The Kier molecular flexibility index (Phi) is 4.97. The molecule has 1 N–H and O–H groups in total. The number of aliphatic imine (C=N–C) groups is 1. The normalized spacial score (nSPS) is 25.3. The van der Waals surface area contributed by atoms with E-state index in [2.05, 4.69) is 38.0 Å². The van der Waals surface area contributed by atoms with Crippen LogP contribution in [0, 0.1) is 5.41 Å². The minimum atomic E-state index is 0.340. The quantitative estimate of drug-likeness (QED) is 0.750. The minimum Gasteiger partial charge on any atom is -0.362 e. The van der Waals surface area contributed by atoms with Gasteiger partial charge in [0, 0.05) is 18.3 Å². The third-order valence-corrected chi connectivity index (χ3v) is 3.72. The van der Waals surface area contributed by atoms with E-state index in [4.69, 9.17) is 0 Å². The molecule has 0 saturated carbocycles. The van der Waals surface area contributed by atoms with Gasteiger partial charge < -0.3 is 5.32 Å². The van der Waals surface area contributed by atoms with Gasteiger partial charge in [0.05, 0.1) is 0 Å². The van der Waals surface area contributed by atoms with Crippen LogP contribution in [0.4, 0.5) is 0 Å². The predicted octanol–water partition coefficient (Wildman–Crippen LogP) is 3.28. The summed E-state index contributed by atoms with van der Waals surface area (Å²) in [5.41, 5.74) is 0.340. The lowest BCUT2D eigenvalue weighted by Crippen LogP contribution is -2.46. The van der Waals surface area contributed by atoms with Gasteiger partial charge in [-0.15, -0.1) is 0 Å². The number of rotatable bonds is 3. The fraction of sp³-hybridized carbons (Fsp3) is 0.917. The summed E-state index contributed by atoms with van der Waals surface area (Å²) < 4.78 is 0. The zero-order valence-electron chi connectivity index (χ0n) is 10.5. The van der Waals surface area contributed by atoms with Crippen molar-refractivity contribution in [2.24, 2.45) is 10.4 Å². The molecule has 1 aliphatic heterocycles. The number of hydrogen-bond acceptors (Lipinski definition) is 2. The average molecular weight is 228 g/mol. The molecule has 0 radical (unpaired) electrons. The molecule has 1 aliphatic rings. The number of hydrogen-bond donors (Lipinski definition) is 1. The number of amidine groups is 1. The Morgan fingerprint density at radius 2 is 2.20 bits per heavy atom. The van der Waals surface area contributed by atoms with E-state index in [1.165, 1.54) is 25.0 Å². The van der Waals surface area contributed by atoms with Crippen molar-refractivity contribution in [3.63, 3.8) is 0 Å². The van der Waals surface area contributed by atoms with Crippen LogP contribution in [-0.4, -0.2) is 23.5 Å². The highest BCUT2D eigenvalue weighted by molar-refractivity contribution is 8.13. The molecular formula is C12H24N2S. The lowest BCUT2D eigenvalue weighted by molar-refractivity contribution is 0.290. The van der Waals surface area contributed by atoms with Gasteiger partial charge in [-0.25, -0.2) is 0 Å². The van der Waals surface area contributed by atoms with Crippen molar-refractivity contribution < 1.29 is 0 Å². The number of thioether (sulfide) groups is 1. The largest absolute Gasteiger partial charge is 0.362 e. The first-order chi connectivity index (χ1) is 7.04. The summed E-state index contributed by atoms with van der Waals surface area (Å²) in [5.74, 6) is 1.21. The lowest BCUT2D eigenvalue weighted by atomic mass is 9.85. The molecule has 0 amide bonds. The summed E-state index contributed by atoms with van der Waals surface area (Å²) in [6.45, 7) is 10.1. The van der Waals surface area contributed by atoms with Gasteiger partial charge in [0.1, 0.15) is 0 Å². The highest BCUT2D eigenvalue weighted by atomic mass is 32.2. The van der Waals surface area contributed by atoms with Crippen LogP contribution in [-0.2, 0) is 0 Å². The average Bonchev–Trinajstić information content (AvgIpc) is 2.17. The maximum Gasteiger partial charge on any atom is 0.156 e. The molecule has 3 heteroatoms. The van der Waals surface area contributed by atoms with Crippen molar-refractivity contribution in [1.29, 1.82) is 0 Å². The summed E-state index contributed by atoms with van der Waals surface area (Å²) in [7, 11) is 0. The summed E-state index contributed by atoms with van der Waals surface area (Å²) in [6.07, 6.45) is 3.68. The molecule has 1 fully saturated rings. The number of nitrogens with one attached hydrogen (secondary N) is 1. The first-order valence-electron chi connectivity index (χ1n) is 5.98. The van der Waals surface area contributed by atoms with Crippen LogP contribution in [0.5, 0.6) is 0 Å². The number of unbranched alkanes of at least 4 members (excludes halogenated alkanes) is 1. The van der Waals surface area contributed by atoms with Gasteiger partial charge in [0.25, 0.3) is 0 Å². The van der Waals surface area contributed by atoms with Gasteiger partial charge in [0.2, 0.25) is 0 Å². The third-order valence-electron chi connectivity index (χ3n) is 2.76. The minimum absolute atomic E-state index is 0.340. The Morgan fingerprint density at radius 3 is 2.80 bits per heavy atom. The van der Waals surface area contributed by atoms with Gasteiger partial charge in [0.15, 0.2) is 5.17 Å². The molecule has 1 saturated heterocycles. The fourth-order valence-electron chi connectivity index (χ4n) is 1.62. The number of nitrogens with zero attached hydrogens (tertiary/aromatic N) is 1. The maximum atomic E-state index is 4.61. The fourth-order valence-corrected chi connectivity index (χ4v) is 2.57. The molecule has 0 spiro atoms. The van der Waals surface area contributed by atoms with Crippen LogP contribution in [0.15, 0.2) is 4.99 Å². The van der Waals surface area contributed by atoms with Crippen molar-refractivity contribution in [2.75, 3.05) is 12.3 Å². The molecule has 2 nitrogen and oxygen atoms in total. The SMILES string of the molecule is CCCCN=C1NC(C(C)(C)C)CCS1. The van der Waals surface area contributed by atoms with E-state index in [1.807, 2.05) is 11.8 Å². The zero-order chi connectivity index (χ0) is 11.3. The van der Waals surface area contributed by atoms with Crippen LogP contribution in [0.25, 0.3) is 0 Å². The van der Waals surface area contributed by atoms with E-state index < -0.39 is 0 Å². The molecule has 1 heterocycles. The Hall–Kier alpha value is -0.180. The second kappa shape index (κ2) is 5.78. The molecule has 0 bridgehead atoms. The Balaban J connectivity index is 2.45. The molecule has 88 valence electrons. The topological polar surface area (TPSA) is 24.4 Å². The molecule has 0 aliphatic carbocycles. The van der Waals surface area contributed by atoms with E-state index in [0.29, 0.717) is 11.5 Å². The second-order valence-electron chi connectivity index (χ2n) is 5.24. The second-order valence-corrected chi connectivity index (χ2v) is 6.32. The maximum absolute atomic E-state index is 4.61. The summed E-state index contributed by atoms with van der Waals surface area (Å²) in [5, 5.41) is 4.73.